The van der Waals surface area contributed by atoms with Crippen molar-refractivity contribution < 1.29 is 4.79 Å². The summed E-state index contributed by atoms with van der Waals surface area (Å²) in [5.41, 5.74) is 3.57. The topological polar surface area (TPSA) is 88.0 Å². The van der Waals surface area contributed by atoms with Gasteiger partial charge in [0.2, 0.25) is 0 Å². The van der Waals surface area contributed by atoms with Gasteiger partial charge in [0.25, 0.3) is 0 Å². The third kappa shape index (κ3) is 5.00. The summed E-state index contributed by atoms with van der Waals surface area (Å²) in [7, 11) is 0. The lowest BCUT2D eigenvalue weighted by Gasteiger charge is -2.34. The van der Waals surface area contributed by atoms with E-state index in [-0.39, 0.29) is 12.1 Å². The predicted octanol–water partition coefficient (Wildman–Crippen LogP) is 4.60. The summed E-state index contributed by atoms with van der Waals surface area (Å²) < 4.78 is 2.11. The maximum atomic E-state index is 12.3. The molecule has 3 aromatic rings. The van der Waals surface area contributed by atoms with E-state index >= 15 is 0 Å². The number of hydrogen-bond donors (Lipinski definition) is 2. The van der Waals surface area contributed by atoms with Gasteiger partial charge in [-0.2, -0.15) is 5.10 Å². The number of nitrogens with zero attached hydrogens (tertiary/aromatic N) is 5. The van der Waals surface area contributed by atoms with Crippen LogP contribution >= 0.6 is 0 Å². The minimum atomic E-state index is -0.192. The summed E-state index contributed by atoms with van der Waals surface area (Å²) in [5, 5.41) is 10.6. The zero-order valence-corrected chi connectivity index (χ0v) is 19.5. The van der Waals surface area contributed by atoms with E-state index in [1.54, 1.807) is 6.07 Å². The molecule has 174 valence electrons. The summed E-state index contributed by atoms with van der Waals surface area (Å²) in [5.74, 6) is 0.532. The van der Waals surface area contributed by atoms with Gasteiger partial charge in [-0.05, 0) is 57.7 Å². The lowest BCUT2D eigenvalue weighted by Crippen LogP contribution is -2.39. The molecule has 0 aromatic carbocycles. The Bertz CT molecular complexity index is 1110. The molecule has 0 spiro atoms. The van der Waals surface area contributed by atoms with E-state index in [2.05, 4.69) is 55.3 Å². The average Bonchev–Trinajstić information content (AvgIpc) is 3.51. The van der Waals surface area contributed by atoms with Crippen LogP contribution in [0.15, 0.2) is 36.8 Å². The molecule has 0 bridgehead atoms. The Balaban J connectivity index is 1.28. The minimum Gasteiger partial charge on any atom is -0.335 e. The molecule has 1 aliphatic heterocycles. The molecule has 5 rings (SSSR count). The molecule has 2 aliphatic rings. The zero-order chi connectivity index (χ0) is 22.8. The first-order valence-electron chi connectivity index (χ1n) is 12.2. The quantitative estimate of drug-likeness (QED) is 0.597. The molecule has 0 radical (unpaired) electrons. The van der Waals surface area contributed by atoms with E-state index in [1.807, 2.05) is 24.5 Å². The molecule has 1 saturated heterocycles. The Morgan fingerprint density at radius 1 is 1.03 bits per heavy atom. The van der Waals surface area contributed by atoms with Gasteiger partial charge >= 0.3 is 6.03 Å². The normalized spacial score (nSPS) is 18.3. The SMILES string of the molecule is CC(C)N1CCC(n2cc(-c3cnc4ccc(NC(=O)NC5CCCC5)nc4c3)cn2)CC1. The van der Waals surface area contributed by atoms with Crippen molar-refractivity contribution in [2.24, 2.45) is 0 Å². The van der Waals surface area contributed by atoms with E-state index in [9.17, 15) is 4.79 Å². The number of anilines is 1. The summed E-state index contributed by atoms with van der Waals surface area (Å²) in [4.78, 5) is 24.0. The number of amides is 2. The van der Waals surface area contributed by atoms with Gasteiger partial charge in [0.05, 0.1) is 23.3 Å². The van der Waals surface area contributed by atoms with Gasteiger partial charge < -0.3 is 10.2 Å². The van der Waals surface area contributed by atoms with Gasteiger partial charge in [0, 0.05) is 48.7 Å². The van der Waals surface area contributed by atoms with Crippen LogP contribution in [0.1, 0.15) is 58.4 Å². The molecule has 3 aromatic heterocycles. The van der Waals surface area contributed by atoms with Crippen molar-refractivity contribution in [3.63, 3.8) is 0 Å². The van der Waals surface area contributed by atoms with Crippen LogP contribution in [-0.2, 0) is 0 Å². The molecule has 2 amide bonds. The second-order valence-corrected chi connectivity index (χ2v) is 9.61. The summed E-state index contributed by atoms with van der Waals surface area (Å²) in [6, 6.07) is 6.83. The molecule has 1 saturated carbocycles. The number of urea groups is 1. The Hall–Kier alpha value is -3.00. The zero-order valence-electron chi connectivity index (χ0n) is 19.5. The first-order chi connectivity index (χ1) is 16.0. The van der Waals surface area contributed by atoms with Crippen LogP contribution in [0.25, 0.3) is 22.2 Å². The second-order valence-electron chi connectivity index (χ2n) is 9.61. The lowest BCUT2D eigenvalue weighted by atomic mass is 10.0. The summed E-state index contributed by atoms with van der Waals surface area (Å²) >= 11 is 0. The van der Waals surface area contributed by atoms with E-state index in [4.69, 9.17) is 0 Å². The van der Waals surface area contributed by atoms with Crippen LogP contribution in [0.3, 0.4) is 0 Å². The van der Waals surface area contributed by atoms with Crippen LogP contribution < -0.4 is 10.6 Å². The standard InChI is InChI=1S/C25H33N7O/c1-17(2)31-11-9-21(10-12-31)32-16-19(15-27-32)18-13-23-22(26-14-18)7-8-24(29-23)30-25(33)28-20-5-3-4-6-20/h7-8,13-17,20-21H,3-6,9-12H2,1-2H3,(H2,28,29,30,33). The molecule has 8 heteroatoms. The molecule has 33 heavy (non-hydrogen) atoms. The first kappa shape index (κ1) is 21.8. The second kappa shape index (κ2) is 9.47. The number of nitrogens with one attached hydrogen (secondary N) is 2. The van der Waals surface area contributed by atoms with Crippen LogP contribution in [0.4, 0.5) is 10.6 Å². The lowest BCUT2D eigenvalue weighted by molar-refractivity contribution is 0.147. The van der Waals surface area contributed by atoms with Gasteiger partial charge in [-0.15, -0.1) is 0 Å². The van der Waals surface area contributed by atoms with Crippen molar-refractivity contribution in [1.29, 1.82) is 0 Å². The van der Waals surface area contributed by atoms with E-state index in [0.717, 1.165) is 60.9 Å². The van der Waals surface area contributed by atoms with Crippen LogP contribution in [0, 0.1) is 0 Å². The molecule has 1 aliphatic carbocycles. The van der Waals surface area contributed by atoms with Crippen molar-refractivity contribution in [3.8, 4) is 11.1 Å². The maximum absolute atomic E-state index is 12.3. The highest BCUT2D eigenvalue weighted by Gasteiger charge is 2.23. The number of hydrogen-bond acceptors (Lipinski definition) is 5. The van der Waals surface area contributed by atoms with Gasteiger partial charge in [-0.3, -0.25) is 15.0 Å². The Morgan fingerprint density at radius 3 is 2.58 bits per heavy atom. The molecule has 8 nitrogen and oxygen atoms in total. The highest BCUT2D eigenvalue weighted by atomic mass is 16.2. The van der Waals surface area contributed by atoms with Gasteiger partial charge in [-0.1, -0.05) is 12.8 Å². The molecule has 0 atom stereocenters. The number of carbonyl (C=O) groups is 1. The predicted molar refractivity (Wildman–Crippen MR) is 130 cm³/mol. The fourth-order valence-electron chi connectivity index (χ4n) is 5.00. The molecule has 0 unspecified atom stereocenters. The highest BCUT2D eigenvalue weighted by Crippen LogP contribution is 2.27. The van der Waals surface area contributed by atoms with Crippen molar-refractivity contribution in [3.05, 3.63) is 36.8 Å². The first-order valence-corrected chi connectivity index (χ1v) is 12.2. The summed E-state index contributed by atoms with van der Waals surface area (Å²) in [6.07, 6.45) is 12.6. The van der Waals surface area contributed by atoms with Crippen molar-refractivity contribution in [2.45, 2.75) is 70.5 Å². The number of aromatic nitrogens is 4. The molecular weight excluding hydrogens is 414 g/mol. The fourth-order valence-corrected chi connectivity index (χ4v) is 5.00. The Labute approximate surface area is 194 Å². The van der Waals surface area contributed by atoms with E-state index < -0.39 is 0 Å². The maximum Gasteiger partial charge on any atom is 0.320 e. The Morgan fingerprint density at radius 2 is 1.82 bits per heavy atom. The smallest absolute Gasteiger partial charge is 0.320 e. The number of rotatable bonds is 5. The Kier molecular flexibility index (Phi) is 6.26. The molecule has 2 N–H and O–H groups in total. The van der Waals surface area contributed by atoms with Gasteiger partial charge in [-0.25, -0.2) is 9.78 Å². The monoisotopic (exact) mass is 447 g/mol. The number of fused-ring (bicyclic) bond motifs is 1. The van der Waals surface area contributed by atoms with Crippen LogP contribution in [-0.4, -0.2) is 55.9 Å². The van der Waals surface area contributed by atoms with E-state index in [1.165, 1.54) is 12.8 Å². The molecular formula is C25H33N7O. The third-order valence-corrected chi connectivity index (χ3v) is 7.01. The van der Waals surface area contributed by atoms with Crippen molar-refractivity contribution >= 4 is 22.9 Å². The highest BCUT2D eigenvalue weighted by molar-refractivity contribution is 5.90. The van der Waals surface area contributed by atoms with Crippen molar-refractivity contribution in [1.82, 2.24) is 30.0 Å². The molecule has 2 fully saturated rings. The van der Waals surface area contributed by atoms with Gasteiger partial charge in [0.15, 0.2) is 0 Å². The number of piperidine rings is 1. The fraction of sp³-hybridized carbons (Fsp3) is 0.520. The van der Waals surface area contributed by atoms with Crippen LogP contribution in [0.2, 0.25) is 0 Å². The number of pyridine rings is 2. The largest absolute Gasteiger partial charge is 0.335 e. The van der Waals surface area contributed by atoms with Gasteiger partial charge in [0.1, 0.15) is 5.82 Å². The summed E-state index contributed by atoms with van der Waals surface area (Å²) in [6.45, 7) is 6.75. The average molecular weight is 448 g/mol. The van der Waals surface area contributed by atoms with E-state index in [0.29, 0.717) is 17.9 Å². The van der Waals surface area contributed by atoms with Crippen LogP contribution in [0.5, 0.6) is 0 Å². The third-order valence-electron chi connectivity index (χ3n) is 7.01. The number of carbonyl (C=O) groups excluding carboxylic acids is 1. The number of likely N-dealkylation sites (tertiary alicyclic amines) is 1. The van der Waals surface area contributed by atoms with Crippen molar-refractivity contribution in [2.75, 3.05) is 18.4 Å². The molecule has 4 heterocycles. The minimum absolute atomic E-state index is 0.192.